The molecule has 0 amide bonds. The summed E-state index contributed by atoms with van der Waals surface area (Å²) in [6.45, 7) is 2.09. The first kappa shape index (κ1) is 27.6. The maximum absolute atomic E-state index is 15.1. The molecule has 206 valence electrons. The molecule has 0 fully saturated rings. The van der Waals surface area contributed by atoms with Crippen molar-refractivity contribution in [1.82, 2.24) is 0 Å². The molecule has 0 atom stereocenters. The molecule has 0 radical (unpaired) electrons. The highest BCUT2D eigenvalue weighted by molar-refractivity contribution is 7.19. The number of thiophene rings is 1. The second-order valence-corrected chi connectivity index (χ2v) is 10.2. The lowest BCUT2D eigenvalue weighted by Crippen LogP contribution is -2.25. The predicted molar refractivity (Wildman–Crippen MR) is 137 cm³/mol. The van der Waals surface area contributed by atoms with Gasteiger partial charge in [-0.1, -0.05) is 37.6 Å². The number of rotatable bonds is 7. The molecule has 1 aromatic heterocycles. The Kier molecular flexibility index (Phi) is 7.31. The van der Waals surface area contributed by atoms with E-state index in [-0.39, 0.29) is 23.3 Å². The number of fused-ring (bicyclic) bond motifs is 1. The minimum atomic E-state index is -4.75. The van der Waals surface area contributed by atoms with E-state index in [4.69, 9.17) is 0 Å². The smallest absolute Gasteiger partial charge is 0.429 e. The summed E-state index contributed by atoms with van der Waals surface area (Å²) in [4.78, 5) is 1.23. The molecule has 5 aromatic rings. The van der Waals surface area contributed by atoms with Crippen LogP contribution in [0, 0.1) is 34.9 Å². The number of ether oxygens (including phenoxy) is 1. The number of benzene rings is 4. The summed E-state index contributed by atoms with van der Waals surface area (Å²) in [5, 5.41) is 1.07. The van der Waals surface area contributed by atoms with Gasteiger partial charge in [-0.05, 0) is 58.8 Å². The normalized spacial score (nSPS) is 11.8. The van der Waals surface area contributed by atoms with Crippen LogP contribution in [-0.2, 0) is 12.5 Å². The van der Waals surface area contributed by atoms with Crippen molar-refractivity contribution in [2.24, 2.45) is 0 Å². The highest BCUT2D eigenvalue weighted by Crippen LogP contribution is 2.39. The van der Waals surface area contributed by atoms with Gasteiger partial charge in [-0.2, -0.15) is 8.78 Å². The Hall–Kier alpha value is -3.92. The average molecular weight is 579 g/mol. The van der Waals surface area contributed by atoms with Crippen LogP contribution in [0.15, 0.2) is 66.7 Å². The Morgan fingerprint density at radius 3 is 1.90 bits per heavy atom. The Morgan fingerprint density at radius 1 is 0.675 bits per heavy atom. The third-order valence-corrected chi connectivity index (χ3v) is 7.38. The summed E-state index contributed by atoms with van der Waals surface area (Å²) in [6, 6.07) is 13.0. The topological polar surface area (TPSA) is 9.23 Å². The second-order valence-electron chi connectivity index (χ2n) is 9.04. The van der Waals surface area contributed by atoms with Crippen molar-refractivity contribution in [2.45, 2.75) is 25.9 Å². The van der Waals surface area contributed by atoms with E-state index in [1.54, 1.807) is 17.4 Å². The van der Waals surface area contributed by atoms with E-state index in [1.807, 2.05) is 18.2 Å². The van der Waals surface area contributed by atoms with Crippen LogP contribution in [0.3, 0.4) is 0 Å². The summed E-state index contributed by atoms with van der Waals surface area (Å²) < 4.78 is 119. The molecule has 10 heteroatoms. The van der Waals surface area contributed by atoms with Crippen molar-refractivity contribution >= 4 is 21.4 Å². The van der Waals surface area contributed by atoms with E-state index in [2.05, 4.69) is 17.7 Å². The second kappa shape index (κ2) is 10.6. The third-order valence-electron chi connectivity index (χ3n) is 6.22. The van der Waals surface area contributed by atoms with Gasteiger partial charge in [0.2, 0.25) is 0 Å². The highest BCUT2D eigenvalue weighted by Gasteiger charge is 2.41. The molecule has 0 spiro atoms. The SMILES string of the molecule is CCCc1cc2ccc(-c3ccc(-c4cc(F)c(C(F)(F)Oc5cc(F)c(F)c(F)c5)c(F)c4)c(F)c3)cc2s1. The van der Waals surface area contributed by atoms with Crippen molar-refractivity contribution in [1.29, 1.82) is 0 Å². The molecule has 1 nitrogen and oxygen atoms in total. The van der Waals surface area contributed by atoms with E-state index < -0.39 is 52.3 Å². The molecule has 1 heterocycles. The molecular weight excluding hydrogens is 560 g/mol. The van der Waals surface area contributed by atoms with E-state index in [1.165, 1.54) is 17.0 Å². The predicted octanol–water partition coefficient (Wildman–Crippen LogP) is 10.2. The molecule has 40 heavy (non-hydrogen) atoms. The zero-order chi connectivity index (χ0) is 28.8. The van der Waals surface area contributed by atoms with Gasteiger partial charge in [0.25, 0.3) is 0 Å². The number of hydrogen-bond acceptors (Lipinski definition) is 2. The van der Waals surface area contributed by atoms with Crippen molar-refractivity contribution in [3.8, 4) is 28.0 Å². The van der Waals surface area contributed by atoms with Crippen LogP contribution < -0.4 is 4.74 Å². The monoisotopic (exact) mass is 578 g/mol. The minimum Gasteiger partial charge on any atom is -0.429 e. The molecule has 0 aliphatic carbocycles. The Bertz CT molecular complexity index is 1700. The summed E-state index contributed by atoms with van der Waals surface area (Å²) >= 11 is 1.64. The Balaban J connectivity index is 1.44. The molecule has 4 aromatic carbocycles. The fourth-order valence-corrected chi connectivity index (χ4v) is 5.57. The largest absolute Gasteiger partial charge is 0.432 e. The zero-order valence-corrected chi connectivity index (χ0v) is 21.4. The van der Waals surface area contributed by atoms with Crippen LogP contribution in [0.25, 0.3) is 32.3 Å². The zero-order valence-electron chi connectivity index (χ0n) is 20.6. The van der Waals surface area contributed by atoms with Crippen molar-refractivity contribution in [3.05, 3.63) is 112 Å². The van der Waals surface area contributed by atoms with Crippen molar-refractivity contribution in [2.75, 3.05) is 0 Å². The van der Waals surface area contributed by atoms with Crippen LogP contribution in [-0.4, -0.2) is 0 Å². The Labute approximate surface area is 227 Å². The lowest BCUT2D eigenvalue weighted by atomic mass is 9.98. The molecule has 0 aliphatic rings. The lowest BCUT2D eigenvalue weighted by molar-refractivity contribution is -0.189. The van der Waals surface area contributed by atoms with Gasteiger partial charge < -0.3 is 4.74 Å². The Morgan fingerprint density at radius 2 is 1.27 bits per heavy atom. The van der Waals surface area contributed by atoms with Gasteiger partial charge in [-0.3, -0.25) is 0 Å². The van der Waals surface area contributed by atoms with E-state index in [9.17, 15) is 30.7 Å². The minimum absolute atomic E-state index is 0.105. The van der Waals surface area contributed by atoms with Gasteiger partial charge in [-0.25, -0.2) is 26.3 Å². The van der Waals surface area contributed by atoms with Gasteiger partial charge in [-0.15, -0.1) is 11.3 Å². The summed E-state index contributed by atoms with van der Waals surface area (Å²) in [6.07, 6.45) is -2.79. The standard InChI is InChI=1S/C30H18F8OS/c1-2-3-20-8-17-5-4-16(12-27(17)40-20)15-6-7-21(22(31)9-15)18-10-23(32)28(24(33)11-18)30(37,38)39-19-13-25(34)29(36)26(35)14-19/h4-14H,2-3H2,1H3. The molecule has 0 bridgehead atoms. The summed E-state index contributed by atoms with van der Waals surface area (Å²) in [7, 11) is 0. The van der Waals surface area contributed by atoms with Crippen LogP contribution >= 0.6 is 11.3 Å². The van der Waals surface area contributed by atoms with Crippen LogP contribution in [0.5, 0.6) is 5.75 Å². The van der Waals surface area contributed by atoms with E-state index in [0.29, 0.717) is 17.7 Å². The lowest BCUT2D eigenvalue weighted by Gasteiger charge is -2.20. The van der Waals surface area contributed by atoms with Gasteiger partial charge >= 0.3 is 6.11 Å². The molecule has 5 rings (SSSR count). The first-order chi connectivity index (χ1) is 19.0. The van der Waals surface area contributed by atoms with Crippen LogP contribution in [0.2, 0.25) is 0 Å². The van der Waals surface area contributed by atoms with Crippen molar-refractivity contribution < 1.29 is 39.9 Å². The van der Waals surface area contributed by atoms with Crippen molar-refractivity contribution in [3.63, 3.8) is 0 Å². The fraction of sp³-hybridized carbons (Fsp3) is 0.133. The first-order valence-corrected chi connectivity index (χ1v) is 12.8. The quantitative estimate of drug-likeness (QED) is 0.138. The van der Waals surface area contributed by atoms with Crippen LogP contribution in [0.1, 0.15) is 23.8 Å². The maximum Gasteiger partial charge on any atom is 0.432 e. The molecule has 0 unspecified atom stereocenters. The molecule has 0 N–H and O–H groups in total. The number of hydrogen-bond donors (Lipinski definition) is 0. The maximum atomic E-state index is 15.1. The summed E-state index contributed by atoms with van der Waals surface area (Å²) in [5.41, 5.74) is -1.26. The fourth-order valence-electron chi connectivity index (χ4n) is 4.36. The van der Waals surface area contributed by atoms with Gasteiger partial charge in [0.1, 0.15) is 28.8 Å². The van der Waals surface area contributed by atoms with E-state index in [0.717, 1.165) is 28.5 Å². The highest BCUT2D eigenvalue weighted by atomic mass is 32.1. The average Bonchev–Trinajstić information content (AvgIpc) is 3.28. The van der Waals surface area contributed by atoms with Gasteiger partial charge in [0.15, 0.2) is 17.5 Å². The number of alkyl halides is 2. The molecule has 0 saturated carbocycles. The molecular formula is C30H18F8OS. The third kappa shape index (κ3) is 5.28. The summed E-state index contributed by atoms with van der Waals surface area (Å²) in [5.74, 6) is -11.2. The molecule has 0 saturated heterocycles. The van der Waals surface area contributed by atoms with Gasteiger partial charge in [0, 0.05) is 27.3 Å². The van der Waals surface area contributed by atoms with Crippen LogP contribution in [0.4, 0.5) is 35.1 Å². The van der Waals surface area contributed by atoms with Gasteiger partial charge in [0.05, 0.1) is 0 Å². The number of halogens is 8. The molecule has 0 aliphatic heterocycles. The number of aryl methyl sites for hydroxylation is 1. The first-order valence-electron chi connectivity index (χ1n) is 12.0. The van der Waals surface area contributed by atoms with E-state index >= 15 is 4.39 Å².